The summed E-state index contributed by atoms with van der Waals surface area (Å²) in [5.41, 5.74) is 0. The first-order valence-corrected chi connectivity index (χ1v) is 7.09. The third kappa shape index (κ3) is 4.67. The molecule has 2 aromatic rings. The van der Waals surface area contributed by atoms with E-state index in [0.717, 1.165) is 4.90 Å². The van der Waals surface area contributed by atoms with Gasteiger partial charge >= 0.3 is 5.88 Å². The lowest BCUT2D eigenvalue weighted by atomic mass is 10.4. The number of hydrogen-bond acceptors (Lipinski definition) is 5. The number of ether oxygens (including phenoxy) is 1. The van der Waals surface area contributed by atoms with E-state index in [9.17, 15) is 4.79 Å². The van der Waals surface area contributed by atoms with Gasteiger partial charge in [-0.15, -0.1) is 11.8 Å². The fourth-order valence-electron chi connectivity index (χ4n) is 1.46. The predicted molar refractivity (Wildman–Crippen MR) is 74.4 cm³/mol. The van der Waals surface area contributed by atoms with E-state index < -0.39 is 0 Å². The minimum absolute atomic E-state index is 0.131. The van der Waals surface area contributed by atoms with Gasteiger partial charge in [-0.05, 0) is 16.8 Å². The van der Waals surface area contributed by atoms with Crippen molar-refractivity contribution in [2.24, 2.45) is 0 Å². The summed E-state index contributed by atoms with van der Waals surface area (Å²) in [5, 5.41) is 6.42. The smallest absolute Gasteiger partial charge is 0.302 e. The number of carbonyl (C=O) groups is 1. The van der Waals surface area contributed by atoms with E-state index in [-0.39, 0.29) is 5.91 Å². The third-order valence-corrected chi connectivity index (χ3v) is 3.42. The maximum atomic E-state index is 11.8. The third-order valence-electron chi connectivity index (χ3n) is 2.41. The molecule has 0 fully saturated rings. The normalized spacial score (nSPS) is 10.4. The second-order valence-corrected chi connectivity index (χ2v) is 5.02. The maximum absolute atomic E-state index is 11.8. The number of thioether (sulfide) groups is 1. The highest BCUT2D eigenvalue weighted by Crippen LogP contribution is 2.16. The van der Waals surface area contributed by atoms with Crippen LogP contribution in [0.25, 0.3) is 0 Å². The van der Waals surface area contributed by atoms with E-state index in [2.05, 4.69) is 10.6 Å². The van der Waals surface area contributed by atoms with Gasteiger partial charge in [0.15, 0.2) is 0 Å². The van der Waals surface area contributed by atoms with Crippen molar-refractivity contribution >= 4 is 23.6 Å². The molecule has 1 N–H and O–H groups in total. The molecule has 0 aliphatic rings. The highest BCUT2D eigenvalue weighted by molar-refractivity contribution is 8.00. The molecule has 106 valence electrons. The summed E-state index contributed by atoms with van der Waals surface area (Å²) < 4.78 is 11.5. The van der Waals surface area contributed by atoms with E-state index in [4.69, 9.17) is 9.26 Å². The number of aromatic nitrogens is 2. The first-order valence-electron chi connectivity index (χ1n) is 6.11. The van der Waals surface area contributed by atoms with Crippen LogP contribution in [-0.2, 0) is 16.1 Å². The van der Waals surface area contributed by atoms with Gasteiger partial charge in [0.25, 0.3) is 6.20 Å². The number of nitrogens with one attached hydrogen (secondary N) is 1. The molecule has 1 amide bonds. The Bertz CT molecular complexity index is 545. The Labute approximate surface area is 121 Å². The molecule has 0 aliphatic heterocycles. The Morgan fingerprint density at radius 2 is 2.25 bits per heavy atom. The molecule has 0 unspecified atom stereocenters. The molecule has 0 bridgehead atoms. The number of methoxy groups -OCH3 is 1. The van der Waals surface area contributed by atoms with Crippen LogP contribution < -0.4 is 10.00 Å². The van der Waals surface area contributed by atoms with Crippen LogP contribution in [-0.4, -0.2) is 30.6 Å². The molecule has 2 rings (SSSR count). The molecule has 0 saturated carbocycles. The number of rotatable bonds is 7. The van der Waals surface area contributed by atoms with Gasteiger partial charge in [0.2, 0.25) is 17.7 Å². The maximum Gasteiger partial charge on any atom is 0.302 e. The van der Waals surface area contributed by atoms with Crippen molar-refractivity contribution in [2.45, 2.75) is 11.4 Å². The SMILES string of the molecule is COCC[n+]1cc(NC(=O)CSc2ccccc2)on1. The van der Waals surface area contributed by atoms with Crippen molar-refractivity contribution in [3.63, 3.8) is 0 Å². The first kappa shape index (κ1) is 14.5. The van der Waals surface area contributed by atoms with Crippen molar-refractivity contribution in [2.75, 3.05) is 24.8 Å². The number of amides is 1. The Morgan fingerprint density at radius 3 is 3.00 bits per heavy atom. The van der Waals surface area contributed by atoms with Crippen LogP contribution in [0, 0.1) is 0 Å². The molecular formula is C13H16N3O3S+. The molecule has 0 spiro atoms. The van der Waals surface area contributed by atoms with Gasteiger partial charge in [0.05, 0.1) is 5.75 Å². The lowest BCUT2D eigenvalue weighted by Crippen LogP contribution is -2.36. The molecule has 0 aliphatic carbocycles. The largest absolute Gasteiger partial charge is 0.378 e. The van der Waals surface area contributed by atoms with Crippen molar-refractivity contribution in [3.05, 3.63) is 36.5 Å². The van der Waals surface area contributed by atoms with Crippen LogP contribution in [0.4, 0.5) is 5.88 Å². The fraction of sp³-hybridized carbons (Fsp3) is 0.308. The topological polar surface area (TPSA) is 68.2 Å². The number of benzene rings is 1. The van der Waals surface area contributed by atoms with E-state index in [0.29, 0.717) is 24.8 Å². The lowest BCUT2D eigenvalue weighted by molar-refractivity contribution is -0.763. The van der Waals surface area contributed by atoms with Crippen LogP contribution in [0.5, 0.6) is 0 Å². The standard InChI is InChI=1S/C13H15N3O3S/c1-18-8-7-16-9-13(19-15-16)14-12(17)10-20-11-5-3-2-4-6-11/h2-6,9H,7-8,10H2,1H3/p+1. The Balaban J connectivity index is 1.78. The molecule has 1 aromatic heterocycles. The van der Waals surface area contributed by atoms with Crippen molar-refractivity contribution < 1.29 is 18.7 Å². The van der Waals surface area contributed by atoms with Crippen LogP contribution in [0.15, 0.2) is 45.9 Å². The molecule has 0 radical (unpaired) electrons. The lowest BCUT2D eigenvalue weighted by Gasteiger charge is -2.00. The molecule has 1 aromatic carbocycles. The summed E-state index contributed by atoms with van der Waals surface area (Å²) in [6.45, 7) is 1.11. The van der Waals surface area contributed by atoms with E-state index >= 15 is 0 Å². The summed E-state index contributed by atoms with van der Waals surface area (Å²) in [6.07, 6.45) is 1.63. The van der Waals surface area contributed by atoms with Crippen LogP contribution in [0.1, 0.15) is 0 Å². The fourth-order valence-corrected chi connectivity index (χ4v) is 2.18. The summed E-state index contributed by atoms with van der Waals surface area (Å²) in [6, 6.07) is 9.75. The van der Waals surface area contributed by atoms with Gasteiger partial charge in [0, 0.05) is 12.0 Å². The van der Waals surface area contributed by atoms with Gasteiger partial charge in [-0.1, -0.05) is 18.2 Å². The van der Waals surface area contributed by atoms with Gasteiger partial charge < -0.3 is 4.74 Å². The monoisotopic (exact) mass is 294 g/mol. The summed E-state index contributed by atoms with van der Waals surface area (Å²) in [4.78, 5) is 12.8. The predicted octanol–water partition coefficient (Wildman–Crippen LogP) is 1.34. The Kier molecular flexibility index (Phi) is 5.57. The zero-order valence-corrected chi connectivity index (χ0v) is 11.9. The highest BCUT2D eigenvalue weighted by Gasteiger charge is 2.13. The molecule has 0 saturated heterocycles. The number of carbonyl (C=O) groups excluding carboxylic acids is 1. The van der Waals surface area contributed by atoms with Crippen molar-refractivity contribution in [1.82, 2.24) is 5.27 Å². The molecule has 20 heavy (non-hydrogen) atoms. The zero-order valence-electron chi connectivity index (χ0n) is 11.1. The summed E-state index contributed by atoms with van der Waals surface area (Å²) in [5.74, 6) is 0.525. The Morgan fingerprint density at radius 1 is 1.45 bits per heavy atom. The molecule has 7 heteroatoms. The number of nitrogens with zero attached hydrogens (tertiary/aromatic N) is 2. The van der Waals surface area contributed by atoms with Gasteiger partial charge in [-0.25, -0.2) is 0 Å². The minimum Gasteiger partial charge on any atom is -0.378 e. The summed E-state index contributed by atoms with van der Waals surface area (Å²) >= 11 is 1.47. The summed E-state index contributed by atoms with van der Waals surface area (Å²) in [7, 11) is 1.62. The zero-order chi connectivity index (χ0) is 14.2. The van der Waals surface area contributed by atoms with Crippen LogP contribution in [0.3, 0.4) is 0 Å². The molecule has 1 heterocycles. The first-order chi connectivity index (χ1) is 9.78. The average molecular weight is 294 g/mol. The second kappa shape index (κ2) is 7.66. The molecule has 0 atom stereocenters. The number of anilines is 1. The minimum atomic E-state index is -0.131. The van der Waals surface area contributed by atoms with E-state index in [1.54, 1.807) is 18.0 Å². The molecule has 6 nitrogen and oxygen atoms in total. The van der Waals surface area contributed by atoms with E-state index in [1.807, 2.05) is 30.3 Å². The Hall–Kier alpha value is -1.86. The second-order valence-electron chi connectivity index (χ2n) is 3.97. The number of hydrogen-bond donors (Lipinski definition) is 1. The van der Waals surface area contributed by atoms with Crippen LogP contribution in [0.2, 0.25) is 0 Å². The molecular weight excluding hydrogens is 278 g/mol. The van der Waals surface area contributed by atoms with Gasteiger partial charge in [0.1, 0.15) is 6.61 Å². The highest BCUT2D eigenvalue weighted by atomic mass is 32.2. The van der Waals surface area contributed by atoms with Crippen molar-refractivity contribution in [1.29, 1.82) is 0 Å². The average Bonchev–Trinajstić information content (AvgIpc) is 2.91. The van der Waals surface area contributed by atoms with E-state index in [1.165, 1.54) is 11.8 Å². The van der Waals surface area contributed by atoms with Gasteiger partial charge in [-0.3, -0.25) is 14.6 Å². The van der Waals surface area contributed by atoms with Crippen molar-refractivity contribution in [3.8, 4) is 0 Å². The van der Waals surface area contributed by atoms with Gasteiger partial charge in [-0.2, -0.15) is 0 Å². The van der Waals surface area contributed by atoms with Crippen LogP contribution >= 0.6 is 11.8 Å². The quantitative estimate of drug-likeness (QED) is 0.616.